The maximum absolute atomic E-state index is 9.08. The van der Waals surface area contributed by atoms with Gasteiger partial charge in [0.15, 0.2) is 0 Å². The van der Waals surface area contributed by atoms with Crippen LogP contribution in [0.3, 0.4) is 0 Å². The van der Waals surface area contributed by atoms with Crippen molar-refractivity contribution in [2.24, 2.45) is 5.92 Å². The fourth-order valence-electron chi connectivity index (χ4n) is 1.96. The average Bonchev–Trinajstić information content (AvgIpc) is 2.51. The number of aliphatic hydroxyl groups is 1. The van der Waals surface area contributed by atoms with E-state index in [4.69, 9.17) is 5.11 Å². The zero-order valence-corrected chi connectivity index (χ0v) is 8.21. The molecule has 72 valence electrons. The largest absolute Gasteiger partial charge is 0.396 e. The lowest BCUT2D eigenvalue weighted by Gasteiger charge is -2.22. The van der Waals surface area contributed by atoms with E-state index >= 15 is 0 Å². The van der Waals surface area contributed by atoms with Gasteiger partial charge in [0.25, 0.3) is 0 Å². The normalized spacial score (nSPS) is 32.2. The molecule has 2 heteroatoms. The van der Waals surface area contributed by atoms with Crippen molar-refractivity contribution in [2.45, 2.75) is 51.6 Å². The molecule has 0 aromatic heterocycles. The monoisotopic (exact) mass is 171 g/mol. The summed E-state index contributed by atoms with van der Waals surface area (Å²) in [5, 5.41) is 12.7. The summed E-state index contributed by atoms with van der Waals surface area (Å²) in [5.74, 6) is 0.513. The molecule has 0 spiro atoms. The van der Waals surface area contributed by atoms with Crippen LogP contribution in [-0.4, -0.2) is 23.8 Å². The summed E-state index contributed by atoms with van der Waals surface area (Å²) in [4.78, 5) is 0. The Morgan fingerprint density at radius 2 is 2.25 bits per heavy atom. The minimum atomic E-state index is 0.355. The predicted molar refractivity (Wildman–Crippen MR) is 51.1 cm³/mol. The summed E-state index contributed by atoms with van der Waals surface area (Å²) in [5.41, 5.74) is 0. The van der Waals surface area contributed by atoms with Crippen molar-refractivity contribution < 1.29 is 5.11 Å². The zero-order valence-electron chi connectivity index (χ0n) is 8.21. The van der Waals surface area contributed by atoms with Crippen molar-refractivity contribution in [2.75, 3.05) is 6.61 Å². The Balaban J connectivity index is 2.30. The number of rotatable bonds is 4. The minimum absolute atomic E-state index is 0.355. The number of aliphatic hydroxyl groups excluding tert-OH is 1. The topological polar surface area (TPSA) is 32.3 Å². The molecule has 0 aromatic rings. The summed E-state index contributed by atoms with van der Waals surface area (Å²) in [6.45, 7) is 4.77. The maximum atomic E-state index is 9.08. The van der Waals surface area contributed by atoms with Gasteiger partial charge in [0.2, 0.25) is 0 Å². The van der Waals surface area contributed by atoms with E-state index < -0.39 is 0 Å². The molecule has 0 aliphatic heterocycles. The average molecular weight is 171 g/mol. The van der Waals surface area contributed by atoms with E-state index in [1.54, 1.807) is 0 Å². The molecular formula is C10H21NO. The standard InChI is InChI=1S/C10H21NO/c1-3-8(2)11-10-6-4-5-9(10)7-12/h8-12H,3-7H2,1-2H3. The van der Waals surface area contributed by atoms with Gasteiger partial charge in [-0.25, -0.2) is 0 Å². The SMILES string of the molecule is CCC(C)NC1CCCC1CO. The Bertz CT molecular complexity index is 127. The van der Waals surface area contributed by atoms with Crippen molar-refractivity contribution in [3.63, 3.8) is 0 Å². The summed E-state index contributed by atoms with van der Waals surface area (Å²) in [6.07, 6.45) is 4.90. The van der Waals surface area contributed by atoms with Gasteiger partial charge in [-0.3, -0.25) is 0 Å². The summed E-state index contributed by atoms with van der Waals surface area (Å²) in [6, 6.07) is 1.17. The molecule has 0 aromatic carbocycles. The molecule has 1 aliphatic carbocycles. The van der Waals surface area contributed by atoms with Crippen LogP contribution in [0.4, 0.5) is 0 Å². The van der Waals surface area contributed by atoms with Crippen LogP contribution in [0.25, 0.3) is 0 Å². The van der Waals surface area contributed by atoms with Gasteiger partial charge in [-0.1, -0.05) is 13.3 Å². The number of hydrogen-bond donors (Lipinski definition) is 2. The second kappa shape index (κ2) is 4.83. The molecule has 12 heavy (non-hydrogen) atoms. The molecule has 0 amide bonds. The van der Waals surface area contributed by atoms with E-state index in [-0.39, 0.29) is 0 Å². The Hall–Kier alpha value is -0.0800. The van der Waals surface area contributed by atoms with Gasteiger partial charge >= 0.3 is 0 Å². The Labute approximate surface area is 75.4 Å². The van der Waals surface area contributed by atoms with Crippen LogP contribution in [0, 0.1) is 5.92 Å². The molecule has 3 unspecified atom stereocenters. The predicted octanol–water partition coefficient (Wildman–Crippen LogP) is 1.54. The Kier molecular flexibility index (Phi) is 4.02. The van der Waals surface area contributed by atoms with Crippen molar-refractivity contribution in [3.05, 3.63) is 0 Å². The minimum Gasteiger partial charge on any atom is -0.396 e. The molecule has 2 nitrogen and oxygen atoms in total. The lowest BCUT2D eigenvalue weighted by Crippen LogP contribution is -2.39. The van der Waals surface area contributed by atoms with E-state index in [1.165, 1.54) is 25.7 Å². The fourth-order valence-corrected chi connectivity index (χ4v) is 1.96. The first-order valence-electron chi connectivity index (χ1n) is 5.14. The van der Waals surface area contributed by atoms with Crippen LogP contribution in [-0.2, 0) is 0 Å². The second-order valence-electron chi connectivity index (χ2n) is 3.96. The quantitative estimate of drug-likeness (QED) is 0.672. The van der Waals surface area contributed by atoms with Gasteiger partial charge < -0.3 is 10.4 Å². The summed E-state index contributed by atoms with van der Waals surface area (Å²) < 4.78 is 0. The lowest BCUT2D eigenvalue weighted by molar-refractivity contribution is 0.200. The molecule has 0 bridgehead atoms. The third kappa shape index (κ3) is 2.46. The summed E-state index contributed by atoms with van der Waals surface area (Å²) >= 11 is 0. The van der Waals surface area contributed by atoms with E-state index in [1.807, 2.05) is 0 Å². The first kappa shape index (κ1) is 10.0. The van der Waals surface area contributed by atoms with Crippen molar-refractivity contribution in [1.29, 1.82) is 0 Å². The highest BCUT2D eigenvalue weighted by atomic mass is 16.3. The Morgan fingerprint density at radius 1 is 1.50 bits per heavy atom. The molecule has 1 saturated carbocycles. The van der Waals surface area contributed by atoms with E-state index in [0.29, 0.717) is 24.6 Å². The van der Waals surface area contributed by atoms with Gasteiger partial charge in [-0.2, -0.15) is 0 Å². The molecular weight excluding hydrogens is 150 g/mol. The second-order valence-corrected chi connectivity index (χ2v) is 3.96. The van der Waals surface area contributed by atoms with Crippen LogP contribution < -0.4 is 5.32 Å². The van der Waals surface area contributed by atoms with Crippen LogP contribution in [0.2, 0.25) is 0 Å². The molecule has 1 rings (SSSR count). The van der Waals surface area contributed by atoms with Gasteiger partial charge in [-0.05, 0) is 32.1 Å². The highest BCUT2D eigenvalue weighted by molar-refractivity contribution is 4.84. The Morgan fingerprint density at radius 3 is 2.83 bits per heavy atom. The van der Waals surface area contributed by atoms with Crippen LogP contribution in [0.1, 0.15) is 39.5 Å². The van der Waals surface area contributed by atoms with Crippen molar-refractivity contribution in [1.82, 2.24) is 5.32 Å². The first-order chi connectivity index (χ1) is 5.77. The molecule has 1 aliphatic rings. The molecule has 1 fully saturated rings. The van der Waals surface area contributed by atoms with Gasteiger partial charge in [0.05, 0.1) is 0 Å². The number of hydrogen-bond acceptors (Lipinski definition) is 2. The molecule has 3 atom stereocenters. The molecule has 0 heterocycles. The maximum Gasteiger partial charge on any atom is 0.0474 e. The third-order valence-electron chi connectivity index (χ3n) is 3.00. The van der Waals surface area contributed by atoms with Crippen LogP contribution in [0.5, 0.6) is 0 Å². The highest BCUT2D eigenvalue weighted by Gasteiger charge is 2.26. The molecule has 2 N–H and O–H groups in total. The lowest BCUT2D eigenvalue weighted by atomic mass is 10.0. The fraction of sp³-hybridized carbons (Fsp3) is 1.00. The van der Waals surface area contributed by atoms with E-state index in [9.17, 15) is 0 Å². The smallest absolute Gasteiger partial charge is 0.0474 e. The molecule has 0 radical (unpaired) electrons. The zero-order chi connectivity index (χ0) is 8.97. The molecule has 0 saturated heterocycles. The summed E-state index contributed by atoms with van der Waals surface area (Å²) in [7, 11) is 0. The first-order valence-corrected chi connectivity index (χ1v) is 5.14. The van der Waals surface area contributed by atoms with E-state index in [0.717, 1.165) is 0 Å². The number of nitrogens with one attached hydrogen (secondary N) is 1. The van der Waals surface area contributed by atoms with Crippen LogP contribution >= 0.6 is 0 Å². The van der Waals surface area contributed by atoms with Crippen LogP contribution in [0.15, 0.2) is 0 Å². The van der Waals surface area contributed by atoms with Gasteiger partial charge in [-0.15, -0.1) is 0 Å². The van der Waals surface area contributed by atoms with Crippen molar-refractivity contribution >= 4 is 0 Å². The van der Waals surface area contributed by atoms with Crippen molar-refractivity contribution in [3.8, 4) is 0 Å². The third-order valence-corrected chi connectivity index (χ3v) is 3.00. The highest BCUT2D eigenvalue weighted by Crippen LogP contribution is 2.25. The van der Waals surface area contributed by atoms with Gasteiger partial charge in [0.1, 0.15) is 0 Å². The van der Waals surface area contributed by atoms with Gasteiger partial charge in [0, 0.05) is 18.7 Å². The van der Waals surface area contributed by atoms with E-state index in [2.05, 4.69) is 19.2 Å².